The third kappa shape index (κ3) is 3.11. The largest absolute Gasteiger partial charge is 0.330 e. The fourth-order valence-electron chi connectivity index (χ4n) is 4.40. The molecule has 0 N–H and O–H groups in total. The average molecular weight is 441 g/mol. The lowest BCUT2D eigenvalue weighted by molar-refractivity contribution is 0.609. The van der Waals surface area contributed by atoms with Gasteiger partial charge in [-0.1, -0.05) is 6.07 Å². The Balaban J connectivity index is 1.70. The molecule has 0 saturated heterocycles. The molecule has 0 bridgehead atoms. The zero-order valence-electron chi connectivity index (χ0n) is 18.7. The average Bonchev–Trinajstić information content (AvgIpc) is 3.50. The smallest absolute Gasteiger partial charge is 0.289 e. The Morgan fingerprint density at radius 2 is 1.88 bits per heavy atom. The Hall–Kier alpha value is -4.01. The van der Waals surface area contributed by atoms with Crippen molar-refractivity contribution in [2.24, 2.45) is 20.0 Å². The zero-order chi connectivity index (χ0) is 22.9. The van der Waals surface area contributed by atoms with Crippen LogP contribution in [0.3, 0.4) is 0 Å². The van der Waals surface area contributed by atoms with Gasteiger partial charge < -0.3 is 0 Å². The minimum absolute atomic E-state index is 0.161. The van der Waals surface area contributed by atoms with Crippen LogP contribution in [-0.2, 0) is 20.6 Å². The Morgan fingerprint density at radius 1 is 1.06 bits per heavy atom. The highest BCUT2D eigenvalue weighted by molar-refractivity contribution is 5.90. The van der Waals surface area contributed by atoms with E-state index in [9.17, 15) is 9.59 Å². The van der Waals surface area contributed by atoms with Crippen LogP contribution in [0.5, 0.6) is 0 Å². The molecule has 0 atom stereocenters. The first-order valence-electron chi connectivity index (χ1n) is 11.0. The Bertz CT molecular complexity index is 1660. The summed E-state index contributed by atoms with van der Waals surface area (Å²) in [5.74, 6) is 0.465. The normalized spacial score (nSPS) is 13.9. The highest BCUT2D eigenvalue weighted by Crippen LogP contribution is 2.32. The first kappa shape index (κ1) is 19.7. The number of rotatable bonds is 4. The molecule has 33 heavy (non-hydrogen) atoms. The van der Waals surface area contributed by atoms with Crippen LogP contribution in [0, 0.1) is 12.8 Å². The van der Waals surface area contributed by atoms with Gasteiger partial charge in [0.1, 0.15) is 5.52 Å². The fraction of sp³-hybridized carbons (Fsp3) is 0.292. The second kappa shape index (κ2) is 6.99. The molecule has 5 aromatic rings. The Morgan fingerprint density at radius 3 is 2.61 bits per heavy atom. The monoisotopic (exact) mass is 441 g/mol. The molecule has 0 aliphatic heterocycles. The third-order valence-corrected chi connectivity index (χ3v) is 6.34. The van der Waals surface area contributed by atoms with E-state index < -0.39 is 0 Å². The van der Waals surface area contributed by atoms with Crippen molar-refractivity contribution in [3.63, 3.8) is 0 Å². The Labute approximate surface area is 188 Å². The van der Waals surface area contributed by atoms with Gasteiger partial charge in [-0.05, 0) is 49.9 Å². The number of aromatic nitrogens is 7. The first-order valence-corrected chi connectivity index (χ1v) is 11.0. The van der Waals surface area contributed by atoms with Crippen molar-refractivity contribution in [3.05, 3.63) is 69.3 Å². The van der Waals surface area contributed by atoms with Crippen molar-refractivity contribution in [2.75, 3.05) is 0 Å². The van der Waals surface area contributed by atoms with Crippen LogP contribution in [0.15, 0.2) is 52.3 Å². The molecule has 4 heterocycles. The molecule has 0 spiro atoms. The molecule has 0 unspecified atom stereocenters. The molecule has 1 fully saturated rings. The molecule has 0 amide bonds. The van der Waals surface area contributed by atoms with Crippen LogP contribution in [0.1, 0.15) is 18.5 Å². The second-order valence-electron chi connectivity index (χ2n) is 8.89. The van der Waals surface area contributed by atoms with Crippen molar-refractivity contribution in [1.82, 2.24) is 33.7 Å². The summed E-state index contributed by atoms with van der Waals surface area (Å²) in [6.45, 7) is 2.49. The molecular formula is C24H23N7O2. The molecular weight excluding hydrogens is 418 g/mol. The SMILES string of the molecule is Cc1ccc(-c2c(=O)n(-c3ccc4nn(C)cc4c3)nc3c2n(CC2CC2)c(=O)n3C)cn1. The minimum atomic E-state index is -0.286. The fourth-order valence-corrected chi connectivity index (χ4v) is 4.40. The standard InChI is InChI=1S/C24H23N7O2/c1-14-4-7-16(11-25-14)20-21-22(29(3)24(33)30(21)12-15-5-6-15)27-31(23(20)32)18-8-9-19-17(10-18)13-28(2)26-19/h4,7-11,13,15H,5-6,12H2,1-3H3. The summed E-state index contributed by atoms with van der Waals surface area (Å²) in [6, 6.07) is 9.34. The summed E-state index contributed by atoms with van der Waals surface area (Å²) in [6.07, 6.45) is 5.79. The predicted octanol–water partition coefficient (Wildman–Crippen LogP) is 2.55. The van der Waals surface area contributed by atoms with E-state index in [2.05, 4.69) is 15.2 Å². The van der Waals surface area contributed by atoms with E-state index in [-0.39, 0.29) is 11.2 Å². The van der Waals surface area contributed by atoms with Crippen LogP contribution in [0.2, 0.25) is 0 Å². The molecule has 9 heteroatoms. The molecule has 4 aromatic heterocycles. The van der Waals surface area contributed by atoms with Gasteiger partial charge in [-0.25, -0.2) is 4.79 Å². The summed E-state index contributed by atoms with van der Waals surface area (Å²) in [7, 11) is 3.56. The topological polar surface area (TPSA) is 92.5 Å². The van der Waals surface area contributed by atoms with E-state index in [1.54, 1.807) is 22.5 Å². The van der Waals surface area contributed by atoms with Gasteiger partial charge in [0.25, 0.3) is 5.56 Å². The van der Waals surface area contributed by atoms with Crippen molar-refractivity contribution in [1.29, 1.82) is 0 Å². The van der Waals surface area contributed by atoms with Crippen molar-refractivity contribution < 1.29 is 0 Å². The Kier molecular flexibility index (Phi) is 4.17. The number of benzene rings is 1. The maximum absolute atomic E-state index is 13.9. The molecule has 166 valence electrons. The zero-order valence-corrected chi connectivity index (χ0v) is 18.7. The van der Waals surface area contributed by atoms with Crippen LogP contribution in [0.4, 0.5) is 0 Å². The lowest BCUT2D eigenvalue weighted by Crippen LogP contribution is -2.24. The van der Waals surface area contributed by atoms with Gasteiger partial charge in [0.2, 0.25) is 0 Å². The molecule has 1 aliphatic rings. The summed E-state index contributed by atoms with van der Waals surface area (Å²) in [5.41, 5.74) is 4.02. The second-order valence-corrected chi connectivity index (χ2v) is 8.89. The summed E-state index contributed by atoms with van der Waals surface area (Å²) in [4.78, 5) is 31.5. The van der Waals surface area contributed by atoms with Gasteiger partial charge in [0, 0.05) is 49.7 Å². The number of fused-ring (bicyclic) bond motifs is 2. The van der Waals surface area contributed by atoms with Crippen LogP contribution in [-0.4, -0.2) is 33.7 Å². The van der Waals surface area contributed by atoms with E-state index in [1.807, 2.05) is 50.5 Å². The summed E-state index contributed by atoms with van der Waals surface area (Å²) in [5, 5.41) is 9.98. The van der Waals surface area contributed by atoms with Gasteiger partial charge in [-0.3, -0.25) is 23.6 Å². The van der Waals surface area contributed by atoms with E-state index >= 15 is 0 Å². The van der Waals surface area contributed by atoms with E-state index in [0.717, 1.165) is 29.4 Å². The van der Waals surface area contributed by atoms with E-state index in [0.29, 0.717) is 40.4 Å². The quantitative estimate of drug-likeness (QED) is 0.427. The van der Waals surface area contributed by atoms with Crippen molar-refractivity contribution >= 4 is 22.1 Å². The van der Waals surface area contributed by atoms with Gasteiger partial charge in [0.15, 0.2) is 5.65 Å². The van der Waals surface area contributed by atoms with Gasteiger partial charge in [-0.15, -0.1) is 5.10 Å². The number of aryl methyl sites for hydroxylation is 3. The minimum Gasteiger partial charge on any atom is -0.289 e. The molecule has 1 aromatic carbocycles. The van der Waals surface area contributed by atoms with Crippen molar-refractivity contribution in [3.8, 4) is 16.8 Å². The molecule has 1 aliphatic carbocycles. The summed E-state index contributed by atoms with van der Waals surface area (Å²) >= 11 is 0. The lowest BCUT2D eigenvalue weighted by Gasteiger charge is -2.11. The lowest BCUT2D eigenvalue weighted by atomic mass is 10.1. The maximum Gasteiger partial charge on any atom is 0.330 e. The molecule has 1 saturated carbocycles. The number of nitrogens with zero attached hydrogens (tertiary/aromatic N) is 7. The van der Waals surface area contributed by atoms with Gasteiger partial charge in [-0.2, -0.15) is 9.78 Å². The third-order valence-electron chi connectivity index (χ3n) is 6.34. The molecule has 6 rings (SSSR count). The number of imidazole rings is 1. The van der Waals surface area contributed by atoms with Gasteiger partial charge in [0.05, 0.1) is 16.8 Å². The predicted molar refractivity (Wildman–Crippen MR) is 126 cm³/mol. The molecule has 0 radical (unpaired) electrons. The van der Waals surface area contributed by atoms with E-state index in [4.69, 9.17) is 0 Å². The van der Waals surface area contributed by atoms with Crippen LogP contribution < -0.4 is 11.2 Å². The van der Waals surface area contributed by atoms with Crippen LogP contribution >= 0.6 is 0 Å². The van der Waals surface area contributed by atoms with Gasteiger partial charge >= 0.3 is 5.69 Å². The van der Waals surface area contributed by atoms with Crippen LogP contribution in [0.25, 0.3) is 38.9 Å². The number of hydrogen-bond donors (Lipinski definition) is 0. The first-order chi connectivity index (χ1) is 15.9. The number of hydrogen-bond acceptors (Lipinski definition) is 5. The number of pyridine rings is 1. The highest BCUT2D eigenvalue weighted by Gasteiger charge is 2.28. The molecule has 9 nitrogen and oxygen atoms in total. The maximum atomic E-state index is 13.9. The highest BCUT2D eigenvalue weighted by atomic mass is 16.2. The van der Waals surface area contributed by atoms with E-state index in [1.165, 1.54) is 9.25 Å². The van der Waals surface area contributed by atoms with Crippen molar-refractivity contribution in [2.45, 2.75) is 26.3 Å². The summed E-state index contributed by atoms with van der Waals surface area (Å²) < 4.78 is 6.36.